The van der Waals surface area contributed by atoms with E-state index in [4.69, 9.17) is 4.74 Å². The average Bonchev–Trinajstić information content (AvgIpc) is 3.08. The van der Waals surface area contributed by atoms with E-state index < -0.39 is 11.8 Å². The van der Waals surface area contributed by atoms with Crippen LogP contribution in [0.2, 0.25) is 0 Å². The molecule has 0 fully saturated rings. The molecular formula is C25H28N4O3. The van der Waals surface area contributed by atoms with Crippen molar-refractivity contribution >= 4 is 18.0 Å². The zero-order chi connectivity index (χ0) is 23.1. The number of hydrogen-bond acceptors (Lipinski definition) is 4. The molecule has 0 saturated heterocycles. The third-order valence-electron chi connectivity index (χ3n) is 5.10. The van der Waals surface area contributed by atoms with Crippen LogP contribution in [0.3, 0.4) is 0 Å². The Hall–Kier alpha value is -3.87. The van der Waals surface area contributed by atoms with Crippen LogP contribution in [-0.2, 0) is 9.59 Å². The van der Waals surface area contributed by atoms with Gasteiger partial charge in [-0.3, -0.25) is 9.59 Å². The number of aromatic nitrogens is 1. The van der Waals surface area contributed by atoms with Crippen molar-refractivity contribution in [1.29, 1.82) is 0 Å². The lowest BCUT2D eigenvalue weighted by molar-refractivity contribution is -0.139. The lowest BCUT2D eigenvalue weighted by atomic mass is 10.1. The molecule has 3 rings (SSSR count). The van der Waals surface area contributed by atoms with Crippen LogP contribution in [-0.4, -0.2) is 29.2 Å². The highest BCUT2D eigenvalue weighted by atomic mass is 16.5. The number of amides is 2. The molecule has 2 aromatic carbocycles. The highest BCUT2D eigenvalue weighted by molar-refractivity contribution is 6.35. The molecule has 166 valence electrons. The number of hydrazone groups is 1. The molecule has 7 nitrogen and oxygen atoms in total. The van der Waals surface area contributed by atoms with E-state index in [1.54, 1.807) is 6.21 Å². The molecule has 1 atom stereocenters. The number of hydrogen-bond donors (Lipinski definition) is 2. The van der Waals surface area contributed by atoms with Crippen LogP contribution in [0.5, 0.6) is 5.75 Å². The number of nitrogens with zero attached hydrogens (tertiary/aromatic N) is 2. The maximum atomic E-state index is 12.1. The smallest absolute Gasteiger partial charge is 0.329 e. The van der Waals surface area contributed by atoms with Crippen LogP contribution in [0.15, 0.2) is 65.8 Å². The van der Waals surface area contributed by atoms with Gasteiger partial charge in [0.15, 0.2) is 0 Å². The van der Waals surface area contributed by atoms with Crippen LogP contribution in [0, 0.1) is 13.8 Å². The fraction of sp³-hybridized carbons (Fsp3) is 0.240. The van der Waals surface area contributed by atoms with Crippen LogP contribution < -0.4 is 15.5 Å². The zero-order valence-corrected chi connectivity index (χ0v) is 18.8. The highest BCUT2D eigenvalue weighted by Gasteiger charge is 2.16. The van der Waals surface area contributed by atoms with Crippen LogP contribution in [0.25, 0.3) is 5.69 Å². The monoisotopic (exact) mass is 432 g/mol. The standard InChI is InChI=1S/C25H28N4O3/c1-5-32-23-13-11-22(12-14-23)29-17(2)15-21(19(29)4)16-26-28-25(31)24(30)27-18(3)20-9-7-6-8-10-20/h6-16,18H,5H2,1-4H3,(H,27,30)(H,28,31)/b26-16-/t18-/m1/s1. The fourth-order valence-corrected chi connectivity index (χ4v) is 3.47. The number of ether oxygens (including phenoxy) is 1. The summed E-state index contributed by atoms with van der Waals surface area (Å²) in [5.41, 5.74) is 7.04. The van der Waals surface area contributed by atoms with Gasteiger partial charge in [0.1, 0.15) is 5.75 Å². The summed E-state index contributed by atoms with van der Waals surface area (Å²) in [7, 11) is 0. The Morgan fingerprint density at radius 2 is 1.75 bits per heavy atom. The topological polar surface area (TPSA) is 84.7 Å². The van der Waals surface area contributed by atoms with E-state index in [0.717, 1.165) is 34.0 Å². The third kappa shape index (κ3) is 5.43. The molecule has 7 heteroatoms. The second-order valence-electron chi connectivity index (χ2n) is 7.39. The van der Waals surface area contributed by atoms with Crippen molar-refractivity contribution in [1.82, 2.24) is 15.3 Å². The van der Waals surface area contributed by atoms with Gasteiger partial charge >= 0.3 is 11.8 Å². The van der Waals surface area contributed by atoms with Gasteiger partial charge in [-0.2, -0.15) is 5.10 Å². The number of aryl methyl sites for hydroxylation is 1. The minimum atomic E-state index is -0.815. The fourth-order valence-electron chi connectivity index (χ4n) is 3.47. The average molecular weight is 433 g/mol. The maximum absolute atomic E-state index is 12.1. The molecule has 32 heavy (non-hydrogen) atoms. The predicted octanol–water partition coefficient (Wildman–Crippen LogP) is 3.82. The Balaban J connectivity index is 1.63. The summed E-state index contributed by atoms with van der Waals surface area (Å²) < 4.78 is 7.59. The van der Waals surface area contributed by atoms with Gasteiger partial charge in [0, 0.05) is 22.6 Å². The minimum absolute atomic E-state index is 0.286. The molecule has 0 bridgehead atoms. The largest absolute Gasteiger partial charge is 0.494 e. The first-order valence-electron chi connectivity index (χ1n) is 10.5. The Morgan fingerprint density at radius 1 is 1.06 bits per heavy atom. The molecule has 0 radical (unpaired) electrons. The van der Waals surface area contributed by atoms with Gasteiger partial charge in [-0.1, -0.05) is 30.3 Å². The van der Waals surface area contributed by atoms with Crippen molar-refractivity contribution in [3.8, 4) is 11.4 Å². The lowest BCUT2D eigenvalue weighted by Gasteiger charge is -2.13. The number of carbonyl (C=O) groups excluding carboxylic acids is 2. The summed E-state index contributed by atoms with van der Waals surface area (Å²) in [5, 5.41) is 6.64. The number of rotatable bonds is 7. The second kappa shape index (κ2) is 10.4. The molecule has 0 aliphatic rings. The van der Waals surface area contributed by atoms with Crippen LogP contribution in [0.1, 0.15) is 42.4 Å². The predicted molar refractivity (Wildman–Crippen MR) is 125 cm³/mol. The van der Waals surface area contributed by atoms with Gasteiger partial charge < -0.3 is 14.6 Å². The molecule has 1 aromatic heterocycles. The van der Waals surface area contributed by atoms with E-state index in [1.165, 1.54) is 0 Å². The summed E-state index contributed by atoms with van der Waals surface area (Å²) in [4.78, 5) is 24.3. The van der Waals surface area contributed by atoms with E-state index >= 15 is 0 Å². The molecule has 0 saturated carbocycles. The number of nitrogens with one attached hydrogen (secondary N) is 2. The van der Waals surface area contributed by atoms with Crippen LogP contribution in [0.4, 0.5) is 0 Å². The van der Waals surface area contributed by atoms with Gasteiger partial charge in [0.25, 0.3) is 0 Å². The molecule has 1 heterocycles. The van der Waals surface area contributed by atoms with Gasteiger partial charge in [-0.15, -0.1) is 0 Å². The van der Waals surface area contributed by atoms with Gasteiger partial charge in [-0.05, 0) is 63.6 Å². The summed E-state index contributed by atoms with van der Waals surface area (Å²) in [5.74, 6) is -0.731. The highest BCUT2D eigenvalue weighted by Crippen LogP contribution is 2.22. The first kappa shape index (κ1) is 22.8. The molecule has 3 aromatic rings. The quantitative estimate of drug-likeness (QED) is 0.338. The Labute approximate surface area is 188 Å². The van der Waals surface area contributed by atoms with E-state index in [-0.39, 0.29) is 6.04 Å². The van der Waals surface area contributed by atoms with E-state index in [9.17, 15) is 9.59 Å². The minimum Gasteiger partial charge on any atom is -0.494 e. The van der Waals surface area contributed by atoms with Gasteiger partial charge in [0.2, 0.25) is 0 Å². The second-order valence-corrected chi connectivity index (χ2v) is 7.39. The third-order valence-corrected chi connectivity index (χ3v) is 5.10. The summed E-state index contributed by atoms with van der Waals surface area (Å²) in [6, 6.07) is 19.0. The Bertz CT molecular complexity index is 1100. The van der Waals surface area contributed by atoms with Crippen molar-refractivity contribution in [2.75, 3.05) is 6.61 Å². The zero-order valence-electron chi connectivity index (χ0n) is 18.8. The van der Waals surface area contributed by atoms with E-state index in [1.807, 2.05) is 88.4 Å². The summed E-state index contributed by atoms with van der Waals surface area (Å²) in [6.45, 7) is 8.36. The van der Waals surface area contributed by atoms with E-state index in [0.29, 0.717) is 6.61 Å². The van der Waals surface area contributed by atoms with Crippen molar-refractivity contribution in [2.45, 2.75) is 33.7 Å². The molecule has 0 unspecified atom stereocenters. The molecule has 0 aliphatic carbocycles. The summed E-state index contributed by atoms with van der Waals surface area (Å²) in [6.07, 6.45) is 1.54. The van der Waals surface area contributed by atoms with Crippen molar-refractivity contribution in [3.05, 3.63) is 83.2 Å². The van der Waals surface area contributed by atoms with Crippen molar-refractivity contribution in [2.24, 2.45) is 5.10 Å². The van der Waals surface area contributed by atoms with Gasteiger partial charge in [0.05, 0.1) is 18.9 Å². The SMILES string of the molecule is CCOc1ccc(-n2c(C)cc(/C=N\NC(=O)C(=O)N[C@H](C)c3ccccc3)c2C)cc1. The number of benzene rings is 2. The first-order chi connectivity index (χ1) is 15.4. The molecule has 2 amide bonds. The Kier molecular flexibility index (Phi) is 7.44. The molecule has 2 N–H and O–H groups in total. The van der Waals surface area contributed by atoms with Crippen LogP contribution >= 0.6 is 0 Å². The first-order valence-corrected chi connectivity index (χ1v) is 10.5. The maximum Gasteiger partial charge on any atom is 0.329 e. The van der Waals surface area contributed by atoms with Crippen molar-refractivity contribution < 1.29 is 14.3 Å². The van der Waals surface area contributed by atoms with Gasteiger partial charge in [-0.25, -0.2) is 5.43 Å². The molecule has 0 spiro atoms. The van der Waals surface area contributed by atoms with E-state index in [2.05, 4.69) is 20.4 Å². The normalized spacial score (nSPS) is 11.9. The lowest BCUT2D eigenvalue weighted by Crippen LogP contribution is -2.39. The van der Waals surface area contributed by atoms with Crippen molar-refractivity contribution in [3.63, 3.8) is 0 Å². The molecular weight excluding hydrogens is 404 g/mol. The Morgan fingerprint density at radius 3 is 2.41 bits per heavy atom. The summed E-state index contributed by atoms with van der Waals surface area (Å²) >= 11 is 0. The molecule has 0 aliphatic heterocycles. The number of carbonyl (C=O) groups is 2.